The second-order valence-electron chi connectivity index (χ2n) is 2.49. The zero-order valence-electron chi connectivity index (χ0n) is 8.14. The SMILES string of the molecule is COOC(=O)C(C)Oc1ccnc(Cl)n1. The van der Waals surface area contributed by atoms with Gasteiger partial charge in [0.05, 0.1) is 7.11 Å². The predicted molar refractivity (Wildman–Crippen MR) is 50.2 cm³/mol. The molecule has 1 unspecified atom stereocenters. The summed E-state index contributed by atoms with van der Waals surface area (Å²) in [5, 5.41) is 0.0415. The van der Waals surface area contributed by atoms with E-state index in [0.717, 1.165) is 0 Å². The Morgan fingerprint density at radius 3 is 2.93 bits per heavy atom. The van der Waals surface area contributed by atoms with Crippen LogP contribution >= 0.6 is 11.6 Å². The fourth-order valence-electron chi connectivity index (χ4n) is 0.764. The fourth-order valence-corrected chi connectivity index (χ4v) is 0.904. The standard InChI is InChI=1S/C8H9ClN2O4/c1-5(7(12)15-13-2)14-6-3-4-10-8(9)11-6/h3-5H,1-2H3. The largest absolute Gasteiger partial charge is 0.462 e. The third kappa shape index (κ3) is 3.69. The van der Waals surface area contributed by atoms with E-state index < -0.39 is 12.1 Å². The Morgan fingerprint density at radius 1 is 1.60 bits per heavy atom. The number of carbonyl (C=O) groups is 1. The van der Waals surface area contributed by atoms with E-state index in [9.17, 15) is 4.79 Å². The van der Waals surface area contributed by atoms with Gasteiger partial charge in [-0.15, -0.1) is 0 Å². The second-order valence-corrected chi connectivity index (χ2v) is 2.83. The van der Waals surface area contributed by atoms with Crippen LogP contribution < -0.4 is 4.74 Å². The quantitative estimate of drug-likeness (QED) is 0.438. The normalized spacial score (nSPS) is 11.9. The Labute approximate surface area is 91.1 Å². The molecule has 0 aliphatic carbocycles. The average molecular weight is 233 g/mol. The Balaban J connectivity index is 2.58. The molecule has 1 aromatic rings. The molecule has 1 heterocycles. The van der Waals surface area contributed by atoms with Gasteiger partial charge in [-0.3, -0.25) is 4.89 Å². The Bertz CT molecular complexity index is 347. The van der Waals surface area contributed by atoms with Gasteiger partial charge < -0.3 is 4.74 Å². The zero-order valence-corrected chi connectivity index (χ0v) is 8.89. The number of aromatic nitrogens is 2. The van der Waals surface area contributed by atoms with Gasteiger partial charge in [0.25, 0.3) is 0 Å². The van der Waals surface area contributed by atoms with Crippen molar-refractivity contribution >= 4 is 17.6 Å². The molecule has 0 saturated heterocycles. The average Bonchev–Trinajstić information content (AvgIpc) is 2.18. The van der Waals surface area contributed by atoms with Crippen LogP contribution in [0.2, 0.25) is 5.28 Å². The van der Waals surface area contributed by atoms with E-state index in [4.69, 9.17) is 16.3 Å². The summed E-state index contributed by atoms with van der Waals surface area (Å²) >= 11 is 5.53. The van der Waals surface area contributed by atoms with E-state index in [2.05, 4.69) is 19.7 Å². The summed E-state index contributed by atoms with van der Waals surface area (Å²) in [4.78, 5) is 26.9. The van der Waals surface area contributed by atoms with Crippen molar-refractivity contribution in [3.63, 3.8) is 0 Å². The smallest absolute Gasteiger partial charge is 0.382 e. The lowest BCUT2D eigenvalue weighted by Crippen LogP contribution is -2.26. The Kier molecular flexibility index (Phi) is 4.26. The molecule has 7 heteroatoms. The molecule has 1 atom stereocenters. The number of hydrogen-bond donors (Lipinski definition) is 0. The third-order valence-corrected chi connectivity index (χ3v) is 1.58. The molecule has 6 nitrogen and oxygen atoms in total. The lowest BCUT2D eigenvalue weighted by molar-refractivity contribution is -0.260. The minimum Gasteiger partial charge on any atom is -0.462 e. The number of ether oxygens (including phenoxy) is 1. The predicted octanol–water partition coefficient (Wildman–Crippen LogP) is 1.00. The molecule has 0 N–H and O–H groups in total. The van der Waals surface area contributed by atoms with Crippen LogP contribution in [0.15, 0.2) is 12.3 Å². The Hall–Kier alpha value is -1.40. The van der Waals surface area contributed by atoms with Crippen molar-refractivity contribution in [2.75, 3.05) is 7.11 Å². The topological polar surface area (TPSA) is 70.5 Å². The van der Waals surface area contributed by atoms with Crippen LogP contribution in [0.1, 0.15) is 6.92 Å². The highest BCUT2D eigenvalue weighted by atomic mass is 35.5. The molecule has 0 amide bonds. The molecule has 1 aromatic heterocycles. The van der Waals surface area contributed by atoms with Crippen molar-refractivity contribution in [2.45, 2.75) is 13.0 Å². The maximum atomic E-state index is 11.1. The van der Waals surface area contributed by atoms with Crippen molar-refractivity contribution in [3.8, 4) is 5.88 Å². The van der Waals surface area contributed by atoms with Crippen molar-refractivity contribution in [3.05, 3.63) is 17.5 Å². The van der Waals surface area contributed by atoms with E-state index >= 15 is 0 Å². The van der Waals surface area contributed by atoms with E-state index in [1.807, 2.05) is 0 Å². The molecule has 0 aliphatic rings. The van der Waals surface area contributed by atoms with Crippen LogP contribution in [-0.2, 0) is 14.6 Å². The van der Waals surface area contributed by atoms with Crippen molar-refractivity contribution in [1.82, 2.24) is 9.97 Å². The molecular weight excluding hydrogens is 224 g/mol. The lowest BCUT2D eigenvalue weighted by atomic mass is 10.4. The monoisotopic (exact) mass is 232 g/mol. The molecule has 0 bridgehead atoms. The Morgan fingerprint density at radius 2 is 2.33 bits per heavy atom. The van der Waals surface area contributed by atoms with Crippen LogP contribution in [0.3, 0.4) is 0 Å². The summed E-state index contributed by atoms with van der Waals surface area (Å²) in [6, 6.07) is 1.47. The highest BCUT2D eigenvalue weighted by molar-refractivity contribution is 6.28. The van der Waals surface area contributed by atoms with Gasteiger partial charge in [0.2, 0.25) is 11.2 Å². The van der Waals surface area contributed by atoms with Crippen molar-refractivity contribution < 1.29 is 19.3 Å². The number of nitrogens with zero attached hydrogens (tertiary/aromatic N) is 2. The van der Waals surface area contributed by atoms with Gasteiger partial charge in [0.1, 0.15) is 0 Å². The van der Waals surface area contributed by atoms with Crippen LogP contribution in [-0.4, -0.2) is 29.2 Å². The number of carbonyl (C=O) groups excluding carboxylic acids is 1. The zero-order chi connectivity index (χ0) is 11.3. The number of rotatable bonds is 4. The van der Waals surface area contributed by atoms with Gasteiger partial charge in [0.15, 0.2) is 6.10 Å². The van der Waals surface area contributed by atoms with Crippen LogP contribution in [0.25, 0.3) is 0 Å². The molecule has 0 radical (unpaired) electrons. The van der Waals surface area contributed by atoms with Gasteiger partial charge in [-0.05, 0) is 18.5 Å². The third-order valence-electron chi connectivity index (χ3n) is 1.40. The van der Waals surface area contributed by atoms with Gasteiger partial charge in [0, 0.05) is 12.3 Å². The van der Waals surface area contributed by atoms with Gasteiger partial charge in [-0.2, -0.15) is 9.87 Å². The van der Waals surface area contributed by atoms with E-state index in [0.29, 0.717) is 0 Å². The lowest BCUT2D eigenvalue weighted by Gasteiger charge is -2.10. The minimum atomic E-state index is -0.837. The summed E-state index contributed by atoms with van der Waals surface area (Å²) in [6.45, 7) is 1.50. The first-order valence-corrected chi connectivity index (χ1v) is 4.41. The van der Waals surface area contributed by atoms with E-state index in [1.54, 1.807) is 0 Å². The summed E-state index contributed by atoms with van der Waals surface area (Å²) in [7, 11) is 1.23. The first-order valence-electron chi connectivity index (χ1n) is 4.03. The molecule has 0 aromatic carbocycles. The highest BCUT2D eigenvalue weighted by Crippen LogP contribution is 2.10. The first kappa shape index (κ1) is 11.7. The summed E-state index contributed by atoms with van der Waals surface area (Å²) in [5.74, 6) is -0.470. The molecular formula is C8H9ClN2O4. The number of hydrogen-bond acceptors (Lipinski definition) is 6. The molecule has 0 spiro atoms. The molecule has 15 heavy (non-hydrogen) atoms. The minimum absolute atomic E-state index is 0.0415. The van der Waals surface area contributed by atoms with Crippen LogP contribution in [0.4, 0.5) is 0 Å². The van der Waals surface area contributed by atoms with E-state index in [1.165, 1.54) is 26.3 Å². The summed E-state index contributed by atoms with van der Waals surface area (Å²) < 4.78 is 5.12. The molecule has 1 rings (SSSR count). The fraction of sp³-hybridized carbons (Fsp3) is 0.375. The highest BCUT2D eigenvalue weighted by Gasteiger charge is 2.17. The molecule has 0 fully saturated rings. The van der Waals surface area contributed by atoms with Crippen molar-refractivity contribution in [1.29, 1.82) is 0 Å². The van der Waals surface area contributed by atoms with E-state index in [-0.39, 0.29) is 11.2 Å². The second kappa shape index (κ2) is 5.47. The van der Waals surface area contributed by atoms with Gasteiger partial charge >= 0.3 is 5.97 Å². The summed E-state index contributed by atoms with van der Waals surface area (Å²) in [6.07, 6.45) is 0.579. The maximum Gasteiger partial charge on any atom is 0.382 e. The van der Waals surface area contributed by atoms with Gasteiger partial charge in [-0.1, -0.05) is 0 Å². The maximum absolute atomic E-state index is 11.1. The van der Waals surface area contributed by atoms with Crippen LogP contribution in [0, 0.1) is 0 Å². The molecule has 0 aliphatic heterocycles. The van der Waals surface area contributed by atoms with Crippen molar-refractivity contribution in [2.24, 2.45) is 0 Å². The van der Waals surface area contributed by atoms with Crippen LogP contribution in [0.5, 0.6) is 5.88 Å². The first-order chi connectivity index (χ1) is 7.13. The molecule has 0 saturated carbocycles. The van der Waals surface area contributed by atoms with Gasteiger partial charge in [-0.25, -0.2) is 9.78 Å². The summed E-state index contributed by atoms with van der Waals surface area (Å²) in [5.41, 5.74) is 0. The number of halogens is 1. The molecule has 82 valence electrons.